The predicted molar refractivity (Wildman–Crippen MR) is 59.6 cm³/mol. The molecule has 0 spiro atoms. The monoisotopic (exact) mass is 225 g/mol. The molecule has 16 heavy (non-hydrogen) atoms. The van der Waals surface area contributed by atoms with Crippen molar-refractivity contribution in [1.29, 1.82) is 0 Å². The highest BCUT2D eigenvalue weighted by molar-refractivity contribution is 5.66. The van der Waals surface area contributed by atoms with Gasteiger partial charge in [0, 0.05) is 12.5 Å². The maximum atomic E-state index is 12.6. The molecule has 1 rings (SSSR count). The molecule has 1 atom stereocenters. The number of benzene rings is 1. The predicted octanol–water partition coefficient (Wildman–Crippen LogP) is 1.95. The number of carbonyl (C=O) groups is 1. The summed E-state index contributed by atoms with van der Waals surface area (Å²) in [6.07, 6.45) is 2.06. The Bertz CT molecular complexity index is 337. The number of hydrogen-bond acceptors (Lipinski definition) is 2. The van der Waals surface area contributed by atoms with Gasteiger partial charge in [-0.1, -0.05) is 12.1 Å². The molecule has 0 bridgehead atoms. The molecule has 1 aromatic carbocycles. The summed E-state index contributed by atoms with van der Waals surface area (Å²) in [6, 6.07) is 6.16. The standard InChI is InChI=1S/C12H16FNO2/c13-10-4-1-9(2-5-10)3-6-11(14)7-8-12(15)16/h1-2,4-5,11H,3,6-8,14H2,(H,15,16). The third-order valence-electron chi connectivity index (χ3n) is 2.45. The Labute approximate surface area is 94.1 Å². The molecule has 0 aliphatic heterocycles. The highest BCUT2D eigenvalue weighted by Crippen LogP contribution is 2.08. The highest BCUT2D eigenvalue weighted by Gasteiger charge is 2.06. The fraction of sp³-hybridized carbons (Fsp3) is 0.417. The molecular formula is C12H16FNO2. The average Bonchev–Trinajstić information content (AvgIpc) is 2.25. The lowest BCUT2D eigenvalue weighted by Crippen LogP contribution is -2.21. The van der Waals surface area contributed by atoms with Crippen molar-refractivity contribution < 1.29 is 14.3 Å². The Hall–Kier alpha value is -1.42. The smallest absolute Gasteiger partial charge is 0.303 e. The van der Waals surface area contributed by atoms with E-state index in [1.54, 1.807) is 12.1 Å². The second-order valence-corrected chi connectivity index (χ2v) is 3.86. The minimum atomic E-state index is -0.822. The van der Waals surface area contributed by atoms with Crippen LogP contribution in [0.3, 0.4) is 0 Å². The molecular weight excluding hydrogens is 209 g/mol. The minimum Gasteiger partial charge on any atom is -0.481 e. The molecule has 0 heterocycles. The molecule has 0 aliphatic rings. The van der Waals surface area contributed by atoms with E-state index in [9.17, 15) is 9.18 Å². The zero-order valence-electron chi connectivity index (χ0n) is 9.03. The maximum absolute atomic E-state index is 12.6. The molecule has 0 radical (unpaired) electrons. The fourth-order valence-electron chi connectivity index (χ4n) is 1.46. The number of aryl methyl sites for hydroxylation is 1. The quantitative estimate of drug-likeness (QED) is 0.777. The summed E-state index contributed by atoms with van der Waals surface area (Å²) < 4.78 is 12.6. The van der Waals surface area contributed by atoms with E-state index in [4.69, 9.17) is 10.8 Å². The van der Waals surface area contributed by atoms with E-state index in [-0.39, 0.29) is 18.3 Å². The Morgan fingerprint density at radius 2 is 1.94 bits per heavy atom. The van der Waals surface area contributed by atoms with E-state index in [1.165, 1.54) is 12.1 Å². The van der Waals surface area contributed by atoms with Gasteiger partial charge in [-0.05, 0) is 37.0 Å². The first kappa shape index (κ1) is 12.6. The lowest BCUT2D eigenvalue weighted by molar-refractivity contribution is -0.137. The van der Waals surface area contributed by atoms with Crippen molar-refractivity contribution in [1.82, 2.24) is 0 Å². The van der Waals surface area contributed by atoms with Crippen LogP contribution in [-0.2, 0) is 11.2 Å². The summed E-state index contributed by atoms with van der Waals surface area (Å²) in [7, 11) is 0. The minimum absolute atomic E-state index is 0.102. The van der Waals surface area contributed by atoms with Gasteiger partial charge in [-0.2, -0.15) is 0 Å². The lowest BCUT2D eigenvalue weighted by atomic mass is 10.0. The van der Waals surface area contributed by atoms with Gasteiger partial charge in [0.2, 0.25) is 0 Å². The first-order valence-corrected chi connectivity index (χ1v) is 5.30. The summed E-state index contributed by atoms with van der Waals surface area (Å²) in [5.74, 6) is -1.07. The van der Waals surface area contributed by atoms with Crippen molar-refractivity contribution in [2.24, 2.45) is 5.73 Å². The van der Waals surface area contributed by atoms with Crippen LogP contribution < -0.4 is 5.73 Å². The molecule has 3 N–H and O–H groups in total. The Morgan fingerprint density at radius 3 is 2.50 bits per heavy atom. The molecule has 4 heteroatoms. The molecule has 0 fully saturated rings. The lowest BCUT2D eigenvalue weighted by Gasteiger charge is -2.09. The molecule has 0 aliphatic carbocycles. The van der Waals surface area contributed by atoms with Crippen molar-refractivity contribution in [3.63, 3.8) is 0 Å². The van der Waals surface area contributed by atoms with E-state index in [1.807, 2.05) is 0 Å². The van der Waals surface area contributed by atoms with E-state index >= 15 is 0 Å². The van der Waals surface area contributed by atoms with Crippen LogP contribution in [0.2, 0.25) is 0 Å². The third-order valence-corrected chi connectivity index (χ3v) is 2.45. The second kappa shape index (κ2) is 6.23. The number of aliphatic carboxylic acids is 1. The number of nitrogens with two attached hydrogens (primary N) is 1. The molecule has 1 aromatic rings. The van der Waals surface area contributed by atoms with Gasteiger partial charge in [0.1, 0.15) is 5.82 Å². The Balaban J connectivity index is 2.28. The molecule has 1 unspecified atom stereocenters. The first-order valence-electron chi connectivity index (χ1n) is 5.30. The van der Waals surface area contributed by atoms with Gasteiger partial charge in [-0.15, -0.1) is 0 Å². The zero-order valence-corrected chi connectivity index (χ0v) is 9.03. The summed E-state index contributed by atoms with van der Waals surface area (Å²) in [4.78, 5) is 10.3. The Kier molecular flexibility index (Phi) is 4.92. The van der Waals surface area contributed by atoms with Crippen LogP contribution in [0.5, 0.6) is 0 Å². The maximum Gasteiger partial charge on any atom is 0.303 e. The van der Waals surface area contributed by atoms with E-state index in [0.717, 1.165) is 18.4 Å². The summed E-state index contributed by atoms with van der Waals surface area (Å²) in [5.41, 5.74) is 6.78. The van der Waals surface area contributed by atoms with Crippen LogP contribution in [0.15, 0.2) is 24.3 Å². The van der Waals surface area contributed by atoms with Crippen molar-refractivity contribution in [3.05, 3.63) is 35.6 Å². The Morgan fingerprint density at radius 1 is 1.31 bits per heavy atom. The van der Waals surface area contributed by atoms with Crippen LogP contribution in [0, 0.1) is 5.82 Å². The van der Waals surface area contributed by atoms with Gasteiger partial charge < -0.3 is 10.8 Å². The first-order chi connectivity index (χ1) is 7.58. The van der Waals surface area contributed by atoms with Crippen LogP contribution in [0.1, 0.15) is 24.8 Å². The van der Waals surface area contributed by atoms with E-state index < -0.39 is 5.97 Å². The van der Waals surface area contributed by atoms with Gasteiger partial charge in [0.25, 0.3) is 0 Å². The highest BCUT2D eigenvalue weighted by atomic mass is 19.1. The molecule has 0 saturated carbocycles. The van der Waals surface area contributed by atoms with Gasteiger partial charge in [0.15, 0.2) is 0 Å². The SMILES string of the molecule is NC(CCC(=O)O)CCc1ccc(F)cc1. The average molecular weight is 225 g/mol. The summed E-state index contributed by atoms with van der Waals surface area (Å²) in [6.45, 7) is 0. The topological polar surface area (TPSA) is 63.3 Å². The van der Waals surface area contributed by atoms with E-state index in [0.29, 0.717) is 6.42 Å². The van der Waals surface area contributed by atoms with Crippen LogP contribution in [0.4, 0.5) is 4.39 Å². The number of rotatable bonds is 6. The molecule has 0 amide bonds. The number of hydrogen-bond donors (Lipinski definition) is 2. The normalized spacial score (nSPS) is 12.4. The molecule has 3 nitrogen and oxygen atoms in total. The largest absolute Gasteiger partial charge is 0.481 e. The summed E-state index contributed by atoms with van der Waals surface area (Å²) >= 11 is 0. The van der Waals surface area contributed by atoms with Crippen molar-refractivity contribution in [2.45, 2.75) is 31.7 Å². The third kappa shape index (κ3) is 4.89. The van der Waals surface area contributed by atoms with Gasteiger partial charge in [-0.25, -0.2) is 4.39 Å². The van der Waals surface area contributed by atoms with E-state index in [2.05, 4.69) is 0 Å². The van der Waals surface area contributed by atoms with Crippen LogP contribution >= 0.6 is 0 Å². The summed E-state index contributed by atoms with van der Waals surface area (Å²) in [5, 5.41) is 8.48. The zero-order chi connectivity index (χ0) is 12.0. The van der Waals surface area contributed by atoms with Crippen molar-refractivity contribution in [3.8, 4) is 0 Å². The fourth-order valence-corrected chi connectivity index (χ4v) is 1.46. The van der Waals surface area contributed by atoms with Crippen molar-refractivity contribution >= 4 is 5.97 Å². The van der Waals surface area contributed by atoms with Gasteiger partial charge in [-0.3, -0.25) is 4.79 Å². The van der Waals surface area contributed by atoms with Gasteiger partial charge >= 0.3 is 5.97 Å². The number of halogens is 1. The van der Waals surface area contributed by atoms with Crippen LogP contribution in [0.25, 0.3) is 0 Å². The number of carboxylic acid groups (broad SMARTS) is 1. The van der Waals surface area contributed by atoms with Gasteiger partial charge in [0.05, 0.1) is 0 Å². The molecule has 0 aromatic heterocycles. The van der Waals surface area contributed by atoms with Crippen molar-refractivity contribution in [2.75, 3.05) is 0 Å². The second-order valence-electron chi connectivity index (χ2n) is 3.86. The van der Waals surface area contributed by atoms with Crippen LogP contribution in [-0.4, -0.2) is 17.1 Å². The molecule has 88 valence electrons. The molecule has 0 saturated heterocycles. The number of carboxylic acids is 1.